The largest absolute Gasteiger partial charge is 0.0726 e. The van der Waals surface area contributed by atoms with Crippen LogP contribution in [0.15, 0.2) is 252 Å². The molecule has 0 aromatic heterocycles. The molecule has 0 spiro atoms. The fourth-order valence-corrected chi connectivity index (χ4v) is 19.0. The zero-order valence-electron chi connectivity index (χ0n) is 61.4. The lowest BCUT2D eigenvalue weighted by Gasteiger charge is -2.31. The Kier molecular flexibility index (Phi) is 21.7. The Balaban J connectivity index is 0.000000127. The highest BCUT2D eigenvalue weighted by molar-refractivity contribution is 5.81. The van der Waals surface area contributed by atoms with E-state index < -0.39 is 0 Å². The first-order valence-corrected chi connectivity index (χ1v) is 39.4. The van der Waals surface area contributed by atoms with Crippen molar-refractivity contribution in [2.24, 2.45) is 41.4 Å². The van der Waals surface area contributed by atoms with Crippen LogP contribution in [0, 0.1) is 55.3 Å². The Morgan fingerprint density at radius 2 is 0.778 bits per heavy atom. The molecular formula is C99H112. The van der Waals surface area contributed by atoms with Crippen molar-refractivity contribution in [1.29, 1.82) is 0 Å². The predicted octanol–water partition coefficient (Wildman–Crippen LogP) is 26.2. The Bertz CT molecular complexity index is 4260. The molecule has 0 N–H and O–H groups in total. The molecule has 99 heavy (non-hydrogen) atoms. The maximum atomic E-state index is 2.46. The molecule has 0 bridgehead atoms. The molecule has 3 fully saturated rings. The number of aryl methyl sites for hydroxylation is 6. The van der Waals surface area contributed by atoms with Crippen LogP contribution in [0.25, 0.3) is 16.7 Å². The van der Waals surface area contributed by atoms with Gasteiger partial charge in [-0.05, 0) is 304 Å². The van der Waals surface area contributed by atoms with Crippen LogP contribution in [0.5, 0.6) is 0 Å². The van der Waals surface area contributed by atoms with Crippen molar-refractivity contribution in [3.8, 4) is 0 Å². The van der Waals surface area contributed by atoms with E-state index in [1.165, 1.54) is 209 Å². The molecule has 16 rings (SSSR count). The van der Waals surface area contributed by atoms with Crippen LogP contribution in [-0.4, -0.2) is 0 Å². The fourth-order valence-electron chi connectivity index (χ4n) is 19.0. The molecule has 508 valence electrons. The lowest BCUT2D eigenvalue weighted by Crippen LogP contribution is -2.17. The van der Waals surface area contributed by atoms with Crippen LogP contribution < -0.4 is 0 Å². The van der Waals surface area contributed by atoms with E-state index in [1.807, 2.05) is 0 Å². The second kappa shape index (κ2) is 31.4. The molecule has 0 heterocycles. The number of fused-ring (bicyclic) bond motifs is 4. The Morgan fingerprint density at radius 1 is 0.333 bits per heavy atom. The summed E-state index contributed by atoms with van der Waals surface area (Å²) in [5.74, 6) is 7.06. The minimum absolute atomic E-state index is 0.393. The van der Waals surface area contributed by atoms with Crippen LogP contribution in [0.4, 0.5) is 0 Å². The van der Waals surface area contributed by atoms with E-state index in [0.29, 0.717) is 17.8 Å². The van der Waals surface area contributed by atoms with Gasteiger partial charge in [0.1, 0.15) is 0 Å². The summed E-state index contributed by atoms with van der Waals surface area (Å²) in [6.45, 7) is 18.6. The van der Waals surface area contributed by atoms with E-state index >= 15 is 0 Å². The minimum Gasteiger partial charge on any atom is -0.0726 e. The second-order valence-electron chi connectivity index (χ2n) is 32.0. The molecule has 0 heteroatoms. The molecule has 10 aliphatic carbocycles. The van der Waals surface area contributed by atoms with Crippen LogP contribution in [0.2, 0.25) is 0 Å². The summed E-state index contributed by atoms with van der Waals surface area (Å²) in [6.07, 6.45) is 62.2. The molecule has 3 saturated carbocycles. The monoisotopic (exact) mass is 1300 g/mol. The van der Waals surface area contributed by atoms with Crippen molar-refractivity contribution < 1.29 is 0 Å². The highest BCUT2D eigenvalue weighted by Crippen LogP contribution is 2.47. The highest BCUT2D eigenvalue weighted by atomic mass is 14.4. The predicted molar refractivity (Wildman–Crippen MR) is 425 cm³/mol. The third kappa shape index (κ3) is 15.6. The van der Waals surface area contributed by atoms with Crippen LogP contribution in [0.3, 0.4) is 0 Å². The minimum atomic E-state index is 0.393. The number of hydrogen-bond donors (Lipinski definition) is 0. The maximum Gasteiger partial charge on any atom is 0.0281 e. The van der Waals surface area contributed by atoms with E-state index in [0.717, 1.165) is 73.5 Å². The van der Waals surface area contributed by atoms with Crippen LogP contribution in [0.1, 0.15) is 233 Å². The average molecular weight is 1300 g/mol. The van der Waals surface area contributed by atoms with Crippen molar-refractivity contribution in [3.05, 3.63) is 335 Å². The van der Waals surface area contributed by atoms with Gasteiger partial charge in [-0.2, -0.15) is 0 Å². The summed E-state index contributed by atoms with van der Waals surface area (Å²) in [5.41, 5.74) is 35.2. The van der Waals surface area contributed by atoms with Crippen LogP contribution >= 0.6 is 0 Å². The van der Waals surface area contributed by atoms with Gasteiger partial charge in [-0.15, -0.1) is 0 Å². The van der Waals surface area contributed by atoms with Gasteiger partial charge in [-0.1, -0.05) is 279 Å². The zero-order valence-corrected chi connectivity index (χ0v) is 61.4. The summed E-state index contributed by atoms with van der Waals surface area (Å²) in [6, 6.07) is 49.8. The average Bonchev–Trinajstić information content (AvgIpc) is 1.71. The molecule has 0 nitrogen and oxygen atoms in total. The summed E-state index contributed by atoms with van der Waals surface area (Å²) in [7, 11) is 0. The number of hydrogen-bond acceptors (Lipinski definition) is 0. The topological polar surface area (TPSA) is 0 Å². The van der Waals surface area contributed by atoms with E-state index in [4.69, 9.17) is 0 Å². The van der Waals surface area contributed by atoms with E-state index in [-0.39, 0.29) is 0 Å². The van der Waals surface area contributed by atoms with Crippen molar-refractivity contribution in [3.63, 3.8) is 0 Å². The van der Waals surface area contributed by atoms with Gasteiger partial charge < -0.3 is 0 Å². The first kappa shape index (κ1) is 68.3. The number of allylic oxidation sites excluding steroid dienone is 24. The molecule has 6 aromatic rings. The van der Waals surface area contributed by atoms with Gasteiger partial charge in [0.25, 0.3) is 0 Å². The summed E-state index contributed by atoms with van der Waals surface area (Å²) >= 11 is 0. The third-order valence-electron chi connectivity index (χ3n) is 25.3. The normalized spacial score (nSPS) is 23.6. The number of benzene rings is 6. The molecular weight excluding hydrogens is 1190 g/mol. The molecule has 6 aromatic carbocycles. The summed E-state index contributed by atoms with van der Waals surface area (Å²) < 4.78 is 0. The molecule has 0 radical (unpaired) electrons. The van der Waals surface area contributed by atoms with Gasteiger partial charge >= 0.3 is 0 Å². The molecule has 10 aliphatic rings. The summed E-state index contributed by atoms with van der Waals surface area (Å²) in [5, 5.41) is 0. The standard InChI is InChI=1S/C34H38.C33H38.C32H36/c1-23(2)25-13-15-28(16-14-25)27-11-9-24(10-12-27)21-30-19-20-33(34-8-4-7-32(30)34)31-18-17-26-5-3-6-29(26)22-31;1-4-24-8-14-29(15-9-24)32-21-20-30(31-6-5-7-33(31)32)22-25-10-12-27(13-11-25)28-18-16-26(17-19-28)23(2)3;1-4-25-14-15-27(20-22(25)2)31-18-16-28(30-11-8-12-32(30)31)21-24-13-17-29(23(3)19-24)26-9-6-5-7-10-26/h4,7-12,17-20,22-23,25,28,34H,3,5-6,13-16,21H2,1-2H3;5-15,20-21,23,26,28,33H,4,16-19,22H2,1-3H3;8,11-20,26,32H,4-7,9-10,21H2,1-3H3. The lowest BCUT2D eigenvalue weighted by molar-refractivity contribution is 0.259. The first-order valence-electron chi connectivity index (χ1n) is 39.4. The molecule has 0 saturated heterocycles. The van der Waals surface area contributed by atoms with Gasteiger partial charge in [-0.3, -0.25) is 0 Å². The van der Waals surface area contributed by atoms with Crippen molar-refractivity contribution in [2.45, 2.75) is 208 Å². The van der Waals surface area contributed by atoms with Gasteiger partial charge in [-0.25, -0.2) is 0 Å². The van der Waals surface area contributed by atoms with Gasteiger partial charge in [0.05, 0.1) is 0 Å². The number of rotatable bonds is 16. The van der Waals surface area contributed by atoms with E-state index in [2.05, 4.69) is 274 Å². The fraction of sp³-hybridized carbons (Fsp3) is 0.394. The van der Waals surface area contributed by atoms with Gasteiger partial charge in [0, 0.05) is 17.8 Å². The lowest BCUT2D eigenvalue weighted by atomic mass is 9.74. The maximum absolute atomic E-state index is 2.46. The highest BCUT2D eigenvalue weighted by Gasteiger charge is 2.32. The van der Waals surface area contributed by atoms with E-state index in [1.54, 1.807) is 27.8 Å². The van der Waals surface area contributed by atoms with Gasteiger partial charge in [0.2, 0.25) is 0 Å². The Labute approximate surface area is 597 Å². The first-order chi connectivity index (χ1) is 48.4. The van der Waals surface area contributed by atoms with Crippen molar-refractivity contribution >= 4 is 16.7 Å². The van der Waals surface area contributed by atoms with E-state index in [9.17, 15) is 0 Å². The molecule has 0 aliphatic heterocycles. The third-order valence-corrected chi connectivity index (χ3v) is 25.3. The van der Waals surface area contributed by atoms with Crippen LogP contribution in [-0.2, 0) is 44.9 Å². The Hall–Kier alpha value is -7.80. The molecule has 3 unspecified atom stereocenters. The van der Waals surface area contributed by atoms with Gasteiger partial charge in [0.15, 0.2) is 0 Å². The molecule has 3 atom stereocenters. The SMILES string of the molecule is CC(C)C1CCC(c2ccc(CC3=CC=C(c4ccc5c(c4)CCC5)C4C=CC=C34)cc2)CC1.CCc1ccc(C2=CC=C(Cc3ccc(C4CCC(C(C)C)CC4)cc3)C3=CC=CC32)cc1.CCc1ccc(C2=CC=C(Cc3ccc(C4CCCCC4)c(C)c3)C3=CC=CC32)cc1C. The Morgan fingerprint density at radius 3 is 1.25 bits per heavy atom. The quantitative estimate of drug-likeness (QED) is 0.0906. The molecule has 0 amide bonds. The van der Waals surface area contributed by atoms with Crippen molar-refractivity contribution in [1.82, 2.24) is 0 Å². The second-order valence-corrected chi connectivity index (χ2v) is 32.0. The van der Waals surface area contributed by atoms with Crippen molar-refractivity contribution in [2.75, 3.05) is 0 Å². The smallest absolute Gasteiger partial charge is 0.0281 e. The zero-order chi connectivity index (χ0) is 67.9. The summed E-state index contributed by atoms with van der Waals surface area (Å²) in [4.78, 5) is 0.